The van der Waals surface area contributed by atoms with E-state index in [1.165, 1.54) is 28.6 Å². The highest BCUT2D eigenvalue weighted by molar-refractivity contribution is 5.72. The highest BCUT2D eigenvalue weighted by atomic mass is 19.1. The summed E-state index contributed by atoms with van der Waals surface area (Å²) in [5.74, 6) is -0.935. The Bertz CT molecular complexity index is 1500. The average molecular weight is 551 g/mol. The normalized spacial score (nSPS) is 16.1. The van der Waals surface area contributed by atoms with Crippen LogP contribution in [0.4, 0.5) is 15.8 Å². The smallest absolute Gasteiger partial charge is 0.303 e. The second kappa shape index (κ2) is 11.8. The quantitative estimate of drug-likeness (QED) is 0.241. The number of hydrogen-bond acceptors (Lipinski definition) is 4. The fourth-order valence-corrected chi connectivity index (χ4v) is 6.26. The third-order valence-corrected chi connectivity index (χ3v) is 8.58. The van der Waals surface area contributed by atoms with Crippen molar-refractivity contribution in [1.29, 1.82) is 0 Å². The van der Waals surface area contributed by atoms with Crippen LogP contribution in [0, 0.1) is 5.82 Å². The van der Waals surface area contributed by atoms with Gasteiger partial charge in [-0.15, -0.1) is 0 Å². The minimum Gasteiger partial charge on any atom is -0.489 e. The molecular weight excluding hydrogens is 515 g/mol. The molecule has 1 spiro atoms. The van der Waals surface area contributed by atoms with Crippen LogP contribution in [-0.2, 0) is 29.8 Å². The molecule has 6 rings (SSSR count). The number of nitrogens with zero attached hydrogens (tertiary/aromatic N) is 2. The van der Waals surface area contributed by atoms with E-state index >= 15 is 0 Å². The van der Waals surface area contributed by atoms with Crippen molar-refractivity contribution in [2.24, 2.45) is 0 Å². The molecule has 0 unspecified atom stereocenters. The number of para-hydroxylation sites is 2. The number of rotatable bonds is 9. The van der Waals surface area contributed by atoms with E-state index in [2.05, 4.69) is 88.7 Å². The van der Waals surface area contributed by atoms with Gasteiger partial charge in [-0.25, -0.2) is 4.39 Å². The molecule has 0 radical (unpaired) electrons. The van der Waals surface area contributed by atoms with Crippen LogP contribution in [0.5, 0.6) is 5.75 Å². The van der Waals surface area contributed by atoms with Gasteiger partial charge < -0.3 is 14.7 Å². The molecule has 1 fully saturated rings. The third-order valence-electron chi connectivity index (χ3n) is 8.58. The van der Waals surface area contributed by atoms with E-state index in [1.54, 1.807) is 12.1 Å². The van der Waals surface area contributed by atoms with Gasteiger partial charge in [-0.05, 0) is 78.9 Å². The first kappa shape index (κ1) is 27.0. The van der Waals surface area contributed by atoms with Crippen LogP contribution in [-0.4, -0.2) is 35.6 Å². The summed E-state index contributed by atoms with van der Waals surface area (Å²) in [5.41, 5.74) is 6.98. The van der Waals surface area contributed by atoms with Crippen LogP contribution in [0.25, 0.3) is 0 Å². The first-order valence-corrected chi connectivity index (χ1v) is 14.3. The van der Waals surface area contributed by atoms with Crippen LogP contribution in [0.2, 0.25) is 0 Å². The Hall–Kier alpha value is -4.16. The minimum absolute atomic E-state index is 0.0946. The number of piperidine rings is 1. The third kappa shape index (κ3) is 5.98. The van der Waals surface area contributed by atoms with E-state index in [0.717, 1.165) is 44.6 Å². The molecule has 2 heterocycles. The average Bonchev–Trinajstić information content (AvgIpc) is 3.32. The van der Waals surface area contributed by atoms with Crippen LogP contribution in [0.3, 0.4) is 0 Å². The number of likely N-dealkylation sites (tertiary alicyclic amines) is 1. The Balaban J connectivity index is 1.03. The van der Waals surface area contributed by atoms with Crippen molar-refractivity contribution >= 4 is 17.3 Å². The van der Waals surface area contributed by atoms with Crippen molar-refractivity contribution in [3.05, 3.63) is 125 Å². The van der Waals surface area contributed by atoms with Gasteiger partial charge in [-0.3, -0.25) is 9.69 Å². The number of halogens is 1. The molecule has 0 aliphatic carbocycles. The van der Waals surface area contributed by atoms with Gasteiger partial charge in [0.15, 0.2) is 0 Å². The van der Waals surface area contributed by atoms with Crippen LogP contribution in [0.15, 0.2) is 97.1 Å². The van der Waals surface area contributed by atoms with Crippen LogP contribution < -0.4 is 9.64 Å². The van der Waals surface area contributed by atoms with E-state index in [1.807, 2.05) is 0 Å². The molecule has 0 atom stereocenters. The standard InChI is InChI=1S/C35H35FN2O3/c36-32-22-30(16-14-28(32)15-17-34(39)40)41-24-27-12-10-26(11-13-27)23-37-20-18-35(19-21-37)25-38(29-6-2-1-3-7-29)33-9-5-4-8-31(33)35/h1-14,16,22H,15,17-21,23-25H2,(H,39,40). The summed E-state index contributed by atoms with van der Waals surface area (Å²) in [6.07, 6.45) is 2.36. The lowest BCUT2D eigenvalue weighted by Gasteiger charge is -2.40. The van der Waals surface area contributed by atoms with Crippen molar-refractivity contribution in [3.8, 4) is 5.75 Å². The SMILES string of the molecule is O=C(O)CCc1ccc(OCc2ccc(CN3CCC4(CC3)CN(c3ccccc3)c3ccccc34)cc2)cc1F. The molecule has 0 aromatic heterocycles. The Kier molecular flexibility index (Phi) is 7.75. The topological polar surface area (TPSA) is 53.0 Å². The van der Waals surface area contributed by atoms with Crippen molar-refractivity contribution in [3.63, 3.8) is 0 Å². The summed E-state index contributed by atoms with van der Waals surface area (Å²) < 4.78 is 20.1. The maximum absolute atomic E-state index is 14.3. The van der Waals surface area contributed by atoms with Crippen LogP contribution >= 0.6 is 0 Å². The Morgan fingerprint density at radius 2 is 1.59 bits per heavy atom. The molecule has 1 N–H and O–H groups in total. The van der Waals surface area contributed by atoms with Gasteiger partial charge in [0.25, 0.3) is 0 Å². The van der Waals surface area contributed by atoms with Gasteiger partial charge in [0.05, 0.1) is 0 Å². The number of aryl methyl sites for hydroxylation is 1. The second-order valence-corrected chi connectivity index (χ2v) is 11.2. The lowest BCUT2D eigenvalue weighted by atomic mass is 9.74. The molecule has 0 bridgehead atoms. The Morgan fingerprint density at radius 1 is 0.878 bits per heavy atom. The highest BCUT2D eigenvalue weighted by Gasteiger charge is 2.44. The molecule has 41 heavy (non-hydrogen) atoms. The number of hydrogen-bond donors (Lipinski definition) is 1. The fraction of sp³-hybridized carbons (Fsp3) is 0.286. The minimum atomic E-state index is -0.938. The molecule has 2 aliphatic rings. The van der Waals surface area contributed by atoms with Gasteiger partial charge in [0.1, 0.15) is 18.2 Å². The zero-order valence-corrected chi connectivity index (χ0v) is 23.1. The lowest BCUT2D eigenvalue weighted by molar-refractivity contribution is -0.136. The van der Waals surface area contributed by atoms with E-state index in [0.29, 0.717) is 17.9 Å². The molecule has 2 aliphatic heterocycles. The van der Waals surface area contributed by atoms with E-state index in [4.69, 9.17) is 9.84 Å². The van der Waals surface area contributed by atoms with E-state index in [-0.39, 0.29) is 18.3 Å². The summed E-state index contributed by atoms with van der Waals surface area (Å²) in [6, 6.07) is 32.7. The van der Waals surface area contributed by atoms with Gasteiger partial charge in [-0.2, -0.15) is 0 Å². The predicted octanol–water partition coefficient (Wildman–Crippen LogP) is 7.11. The lowest BCUT2D eigenvalue weighted by Crippen LogP contribution is -2.44. The monoisotopic (exact) mass is 550 g/mol. The number of anilines is 2. The summed E-state index contributed by atoms with van der Waals surface area (Å²) >= 11 is 0. The largest absolute Gasteiger partial charge is 0.489 e. The summed E-state index contributed by atoms with van der Waals surface area (Å²) in [4.78, 5) is 15.8. The van der Waals surface area contributed by atoms with Gasteiger partial charge in [-0.1, -0.05) is 66.7 Å². The number of ether oxygens (including phenoxy) is 1. The molecule has 4 aromatic carbocycles. The Labute approximate surface area is 240 Å². The Morgan fingerprint density at radius 3 is 2.32 bits per heavy atom. The van der Waals surface area contributed by atoms with Gasteiger partial charge >= 0.3 is 5.97 Å². The molecule has 0 amide bonds. The van der Waals surface area contributed by atoms with E-state index in [9.17, 15) is 9.18 Å². The zero-order chi connectivity index (χ0) is 28.2. The van der Waals surface area contributed by atoms with Crippen molar-refractivity contribution in [2.45, 2.75) is 44.2 Å². The van der Waals surface area contributed by atoms with Gasteiger partial charge in [0, 0.05) is 42.4 Å². The van der Waals surface area contributed by atoms with E-state index < -0.39 is 11.8 Å². The molecule has 4 aromatic rings. The number of aliphatic carboxylic acids is 1. The molecule has 5 nitrogen and oxygen atoms in total. The number of carboxylic acid groups (broad SMARTS) is 1. The maximum Gasteiger partial charge on any atom is 0.303 e. The van der Waals surface area contributed by atoms with Crippen molar-refractivity contribution in [2.75, 3.05) is 24.5 Å². The summed E-state index contributed by atoms with van der Waals surface area (Å²) in [7, 11) is 0. The number of carboxylic acids is 1. The van der Waals surface area contributed by atoms with Crippen molar-refractivity contribution < 1.29 is 19.0 Å². The molecule has 0 saturated carbocycles. The maximum atomic E-state index is 14.3. The molecule has 6 heteroatoms. The first-order chi connectivity index (χ1) is 20.0. The number of fused-ring (bicyclic) bond motifs is 2. The molecular formula is C35H35FN2O3. The van der Waals surface area contributed by atoms with Crippen LogP contribution in [0.1, 0.15) is 41.5 Å². The fourth-order valence-electron chi connectivity index (χ4n) is 6.26. The van der Waals surface area contributed by atoms with Gasteiger partial charge in [0.2, 0.25) is 0 Å². The summed E-state index contributed by atoms with van der Waals surface area (Å²) in [6.45, 7) is 4.43. The highest BCUT2D eigenvalue weighted by Crippen LogP contribution is 2.49. The molecule has 1 saturated heterocycles. The number of carbonyl (C=O) groups is 1. The predicted molar refractivity (Wildman–Crippen MR) is 159 cm³/mol. The molecule has 210 valence electrons. The number of benzene rings is 4. The summed E-state index contributed by atoms with van der Waals surface area (Å²) in [5, 5.41) is 8.81. The first-order valence-electron chi connectivity index (χ1n) is 14.3. The second-order valence-electron chi connectivity index (χ2n) is 11.2. The zero-order valence-electron chi connectivity index (χ0n) is 23.1. The van der Waals surface area contributed by atoms with Crippen molar-refractivity contribution in [1.82, 2.24) is 4.90 Å².